The highest BCUT2D eigenvalue weighted by Crippen LogP contribution is 2.10. The van der Waals surface area contributed by atoms with Crippen molar-refractivity contribution >= 4 is 5.69 Å². The van der Waals surface area contributed by atoms with Gasteiger partial charge < -0.3 is 4.90 Å². The molecule has 1 nitrogen and oxygen atoms in total. The lowest BCUT2D eigenvalue weighted by molar-refractivity contribution is 0.917. The molecule has 0 heterocycles. The number of hydrogen-bond donors (Lipinski definition) is 0. The second kappa shape index (κ2) is 4.46. The molecule has 0 aliphatic heterocycles. The highest BCUT2D eigenvalue weighted by atomic mass is 15.1. The Bertz CT molecular complexity index is 258. The Kier molecular flexibility index (Phi) is 3.22. The highest BCUT2D eigenvalue weighted by Gasteiger charge is 1.99. The van der Waals surface area contributed by atoms with E-state index in [4.69, 9.17) is 6.42 Å². The van der Waals surface area contributed by atoms with Crippen LogP contribution in [0.5, 0.6) is 0 Å². The molecule has 61 valence electrons. The fraction of sp³-hybridized carbons (Fsp3) is 0.273. The molecule has 0 unspecified atom stereocenters. The molecule has 0 saturated carbocycles. The first-order valence-electron chi connectivity index (χ1n) is 4.03. The number of hydrogen-bond acceptors (Lipinski definition) is 1. The Labute approximate surface area is 74.0 Å². The van der Waals surface area contributed by atoms with Crippen molar-refractivity contribution in [2.75, 3.05) is 18.0 Å². The van der Waals surface area contributed by atoms with E-state index in [1.54, 1.807) is 0 Å². The summed E-state index contributed by atoms with van der Waals surface area (Å²) >= 11 is 0. The third-order valence-electron chi connectivity index (χ3n) is 1.70. The maximum absolute atomic E-state index is 5.24. The van der Waals surface area contributed by atoms with Gasteiger partial charge in [0.2, 0.25) is 0 Å². The minimum absolute atomic E-state index is 0.650. The minimum atomic E-state index is 0.650. The largest absolute Gasteiger partial charge is 0.360 e. The maximum Gasteiger partial charge on any atom is 0.0791 e. The number of terminal acetylenes is 1. The number of benzene rings is 1. The molecular weight excluding hydrogens is 146 g/mol. The Balaban J connectivity index is 2.75. The monoisotopic (exact) mass is 158 g/mol. The molecule has 1 rings (SSSR count). The maximum atomic E-state index is 5.24. The second-order valence-corrected chi connectivity index (χ2v) is 2.47. The van der Waals surface area contributed by atoms with Crippen molar-refractivity contribution in [3.63, 3.8) is 0 Å². The topological polar surface area (TPSA) is 3.24 Å². The van der Waals surface area contributed by atoms with Gasteiger partial charge in [-0.1, -0.05) is 24.1 Å². The Morgan fingerprint density at radius 2 is 2.42 bits per heavy atom. The van der Waals surface area contributed by atoms with E-state index in [-0.39, 0.29) is 0 Å². The molecule has 0 N–H and O–H groups in total. The summed E-state index contributed by atoms with van der Waals surface area (Å²) in [6.45, 7) is 3.65. The van der Waals surface area contributed by atoms with E-state index in [0.717, 1.165) is 12.2 Å². The van der Waals surface area contributed by atoms with Gasteiger partial charge in [-0.25, -0.2) is 0 Å². The van der Waals surface area contributed by atoms with Crippen LogP contribution in [-0.2, 0) is 0 Å². The van der Waals surface area contributed by atoms with Crippen LogP contribution < -0.4 is 4.90 Å². The normalized spacial score (nSPS) is 9.00. The van der Waals surface area contributed by atoms with E-state index in [1.807, 2.05) is 24.3 Å². The first-order valence-corrected chi connectivity index (χ1v) is 4.03. The predicted molar refractivity (Wildman–Crippen MR) is 52.0 cm³/mol. The summed E-state index contributed by atoms with van der Waals surface area (Å²) in [5.41, 5.74) is 1.07. The molecule has 0 amide bonds. The third kappa shape index (κ3) is 2.03. The predicted octanol–water partition coefficient (Wildman–Crippen LogP) is 1.95. The van der Waals surface area contributed by atoms with Crippen molar-refractivity contribution in [3.8, 4) is 12.3 Å². The van der Waals surface area contributed by atoms with Gasteiger partial charge in [0.05, 0.1) is 6.54 Å². The quantitative estimate of drug-likeness (QED) is 0.608. The van der Waals surface area contributed by atoms with Crippen LogP contribution in [0, 0.1) is 18.4 Å². The van der Waals surface area contributed by atoms with Crippen LogP contribution in [0.15, 0.2) is 24.3 Å². The smallest absolute Gasteiger partial charge is 0.0791 e. The molecule has 1 radical (unpaired) electrons. The standard InChI is InChI=1S/C11H12N/c1-3-10-12(4-2)11-8-6-5-7-9-11/h1,5-8H,4,10H2,2H3. The summed E-state index contributed by atoms with van der Waals surface area (Å²) in [5.74, 6) is 2.62. The van der Waals surface area contributed by atoms with Crippen molar-refractivity contribution < 1.29 is 0 Å². The minimum Gasteiger partial charge on any atom is -0.360 e. The van der Waals surface area contributed by atoms with Crippen LogP contribution in [0.1, 0.15) is 6.92 Å². The lowest BCUT2D eigenvalue weighted by Crippen LogP contribution is -2.22. The fourth-order valence-electron chi connectivity index (χ4n) is 1.06. The van der Waals surface area contributed by atoms with Gasteiger partial charge in [0.25, 0.3) is 0 Å². The van der Waals surface area contributed by atoms with E-state index >= 15 is 0 Å². The molecule has 0 aliphatic carbocycles. The third-order valence-corrected chi connectivity index (χ3v) is 1.70. The van der Waals surface area contributed by atoms with Gasteiger partial charge in [0, 0.05) is 18.3 Å². The summed E-state index contributed by atoms with van der Waals surface area (Å²) in [7, 11) is 0. The zero-order valence-corrected chi connectivity index (χ0v) is 7.25. The molecule has 1 heteroatoms. The Morgan fingerprint density at radius 1 is 1.58 bits per heavy atom. The van der Waals surface area contributed by atoms with Crippen molar-refractivity contribution in [1.82, 2.24) is 0 Å². The van der Waals surface area contributed by atoms with E-state index in [1.165, 1.54) is 0 Å². The van der Waals surface area contributed by atoms with Gasteiger partial charge >= 0.3 is 0 Å². The molecule has 0 spiro atoms. The zero-order valence-electron chi connectivity index (χ0n) is 7.25. The van der Waals surface area contributed by atoms with Gasteiger partial charge in [-0.2, -0.15) is 0 Å². The molecule has 1 aromatic carbocycles. The highest BCUT2D eigenvalue weighted by molar-refractivity contribution is 5.45. The Morgan fingerprint density at radius 3 is 2.92 bits per heavy atom. The van der Waals surface area contributed by atoms with Gasteiger partial charge in [-0.05, 0) is 13.0 Å². The molecule has 1 aromatic rings. The van der Waals surface area contributed by atoms with Crippen molar-refractivity contribution in [2.24, 2.45) is 0 Å². The van der Waals surface area contributed by atoms with Crippen LogP contribution >= 0.6 is 0 Å². The van der Waals surface area contributed by atoms with E-state index < -0.39 is 0 Å². The SMILES string of the molecule is C#CCN(CC)c1[c]cccc1. The summed E-state index contributed by atoms with van der Waals surface area (Å²) in [6.07, 6.45) is 5.24. The van der Waals surface area contributed by atoms with Crippen molar-refractivity contribution in [2.45, 2.75) is 6.92 Å². The number of anilines is 1. The number of para-hydroxylation sites is 1. The lowest BCUT2D eigenvalue weighted by Gasteiger charge is -2.19. The molecule has 0 fully saturated rings. The average Bonchev–Trinajstić information content (AvgIpc) is 2.15. The molecule has 12 heavy (non-hydrogen) atoms. The van der Waals surface area contributed by atoms with Crippen LogP contribution in [0.2, 0.25) is 0 Å². The van der Waals surface area contributed by atoms with E-state index in [9.17, 15) is 0 Å². The van der Waals surface area contributed by atoms with Crippen molar-refractivity contribution in [1.29, 1.82) is 0 Å². The molecule has 0 aliphatic rings. The van der Waals surface area contributed by atoms with Gasteiger partial charge in [0.15, 0.2) is 0 Å². The van der Waals surface area contributed by atoms with E-state index in [0.29, 0.717) is 6.54 Å². The number of nitrogens with zero attached hydrogens (tertiary/aromatic N) is 1. The zero-order chi connectivity index (χ0) is 8.81. The van der Waals surface area contributed by atoms with Gasteiger partial charge in [0.1, 0.15) is 0 Å². The van der Waals surface area contributed by atoms with Crippen LogP contribution in [0.4, 0.5) is 5.69 Å². The fourth-order valence-corrected chi connectivity index (χ4v) is 1.06. The molecule has 0 aromatic heterocycles. The number of rotatable bonds is 3. The molecular formula is C11H12N. The average molecular weight is 158 g/mol. The molecule has 0 saturated heterocycles. The first-order chi connectivity index (χ1) is 5.88. The summed E-state index contributed by atoms with van der Waals surface area (Å²) in [5, 5.41) is 0. The van der Waals surface area contributed by atoms with Crippen LogP contribution in [0.3, 0.4) is 0 Å². The van der Waals surface area contributed by atoms with Crippen LogP contribution in [0.25, 0.3) is 0 Å². The van der Waals surface area contributed by atoms with Crippen molar-refractivity contribution in [3.05, 3.63) is 30.3 Å². The Hall–Kier alpha value is -1.42. The summed E-state index contributed by atoms with van der Waals surface area (Å²) in [6, 6.07) is 11.0. The van der Waals surface area contributed by atoms with Gasteiger partial charge in [-0.15, -0.1) is 6.42 Å². The molecule has 0 atom stereocenters. The summed E-state index contributed by atoms with van der Waals surface area (Å²) in [4.78, 5) is 2.10. The second-order valence-electron chi connectivity index (χ2n) is 2.47. The lowest BCUT2D eigenvalue weighted by atomic mass is 10.3. The van der Waals surface area contributed by atoms with Crippen LogP contribution in [-0.4, -0.2) is 13.1 Å². The summed E-state index contributed by atoms with van der Waals surface area (Å²) < 4.78 is 0. The van der Waals surface area contributed by atoms with Gasteiger partial charge in [-0.3, -0.25) is 0 Å². The first kappa shape index (κ1) is 8.67. The van der Waals surface area contributed by atoms with E-state index in [2.05, 4.69) is 23.8 Å². The molecule has 0 bridgehead atoms.